The van der Waals surface area contributed by atoms with Gasteiger partial charge in [0.15, 0.2) is 5.96 Å². The summed E-state index contributed by atoms with van der Waals surface area (Å²) in [6.07, 6.45) is 7.89. The quantitative estimate of drug-likeness (QED) is 0.350. The van der Waals surface area contributed by atoms with E-state index in [1.54, 1.807) is 6.20 Å². The minimum atomic E-state index is 0. The van der Waals surface area contributed by atoms with E-state index in [-0.39, 0.29) is 30.0 Å². The van der Waals surface area contributed by atoms with E-state index >= 15 is 0 Å². The maximum absolute atomic E-state index is 6.05. The number of aromatic nitrogens is 2. The molecular weight excluding hydrogens is 489 g/mol. The van der Waals surface area contributed by atoms with Crippen molar-refractivity contribution in [1.82, 2.24) is 20.4 Å². The Kier molecular flexibility index (Phi) is 7.59. The van der Waals surface area contributed by atoms with E-state index in [1.165, 1.54) is 6.42 Å². The van der Waals surface area contributed by atoms with Crippen molar-refractivity contribution >= 4 is 41.5 Å². The molecule has 152 valence electrons. The zero-order chi connectivity index (χ0) is 18.6. The predicted molar refractivity (Wildman–Crippen MR) is 123 cm³/mol. The number of ether oxygens (including phenoxy) is 1. The monoisotopic (exact) mass is 515 g/mol. The summed E-state index contributed by atoms with van der Waals surface area (Å²) < 4.78 is 7.90. The second-order valence-electron chi connectivity index (χ2n) is 7.13. The molecule has 2 bridgehead atoms. The minimum absolute atomic E-state index is 0. The summed E-state index contributed by atoms with van der Waals surface area (Å²) in [5.41, 5.74) is 1.13. The molecule has 2 aliphatic heterocycles. The predicted octanol–water partition coefficient (Wildman–Crippen LogP) is 3.62. The van der Waals surface area contributed by atoms with Crippen molar-refractivity contribution in [3.05, 3.63) is 53.3 Å². The SMILES string of the molecule is CCNC(=NCC(c1ccc(Cl)cc1)n1cccn1)NC1CC2CCC1O2.I. The molecule has 6 nitrogen and oxygen atoms in total. The van der Waals surface area contributed by atoms with Gasteiger partial charge >= 0.3 is 0 Å². The van der Waals surface area contributed by atoms with Crippen LogP contribution in [0.1, 0.15) is 37.8 Å². The first-order chi connectivity index (χ1) is 13.2. The first kappa shape index (κ1) is 21.4. The number of fused-ring (bicyclic) bond motifs is 2. The van der Waals surface area contributed by atoms with E-state index in [2.05, 4.69) is 22.7 Å². The number of hydrogen-bond acceptors (Lipinski definition) is 3. The Labute approximate surface area is 188 Å². The zero-order valence-corrected chi connectivity index (χ0v) is 19.0. The Morgan fingerprint density at radius 1 is 1.36 bits per heavy atom. The molecule has 0 amide bonds. The van der Waals surface area contributed by atoms with Gasteiger partial charge in [-0.25, -0.2) is 0 Å². The fraction of sp³-hybridized carbons (Fsp3) is 0.500. The lowest BCUT2D eigenvalue weighted by Crippen LogP contribution is -2.47. The summed E-state index contributed by atoms with van der Waals surface area (Å²) in [6, 6.07) is 10.2. The molecule has 4 unspecified atom stereocenters. The topological polar surface area (TPSA) is 63.5 Å². The summed E-state index contributed by atoms with van der Waals surface area (Å²) in [4.78, 5) is 4.86. The molecule has 3 heterocycles. The number of benzene rings is 1. The number of rotatable bonds is 6. The van der Waals surface area contributed by atoms with Gasteiger partial charge in [0.2, 0.25) is 0 Å². The maximum atomic E-state index is 6.05. The van der Waals surface area contributed by atoms with Crippen LogP contribution in [0.3, 0.4) is 0 Å². The molecule has 0 saturated carbocycles. The van der Waals surface area contributed by atoms with Crippen molar-refractivity contribution in [2.45, 2.75) is 50.5 Å². The highest BCUT2D eigenvalue weighted by Crippen LogP contribution is 2.34. The Hall–Kier alpha value is -1.32. The molecule has 1 aromatic carbocycles. The van der Waals surface area contributed by atoms with Crippen LogP contribution in [0.15, 0.2) is 47.7 Å². The highest BCUT2D eigenvalue weighted by Gasteiger charge is 2.41. The molecule has 28 heavy (non-hydrogen) atoms. The molecule has 4 atom stereocenters. The summed E-state index contributed by atoms with van der Waals surface area (Å²) in [5, 5.41) is 12.1. The molecule has 8 heteroatoms. The van der Waals surface area contributed by atoms with Crippen molar-refractivity contribution in [3.63, 3.8) is 0 Å². The summed E-state index contributed by atoms with van der Waals surface area (Å²) >= 11 is 6.05. The lowest BCUT2D eigenvalue weighted by Gasteiger charge is -2.23. The molecule has 0 radical (unpaired) electrons. The molecular formula is C20H27ClIN5O. The average Bonchev–Trinajstić information content (AvgIpc) is 3.42. The molecule has 2 saturated heterocycles. The Balaban J connectivity index is 0.00000225. The summed E-state index contributed by atoms with van der Waals surface area (Å²) in [6.45, 7) is 3.49. The van der Waals surface area contributed by atoms with Gasteiger partial charge < -0.3 is 15.4 Å². The van der Waals surface area contributed by atoms with Crippen LogP contribution in [-0.2, 0) is 4.74 Å². The van der Waals surface area contributed by atoms with E-state index in [0.717, 1.165) is 35.9 Å². The van der Waals surface area contributed by atoms with Gasteiger partial charge in [-0.15, -0.1) is 24.0 Å². The number of guanidine groups is 1. The van der Waals surface area contributed by atoms with Gasteiger partial charge in [-0.2, -0.15) is 5.10 Å². The number of nitrogens with one attached hydrogen (secondary N) is 2. The molecule has 2 N–H and O–H groups in total. The van der Waals surface area contributed by atoms with E-state index in [4.69, 9.17) is 21.3 Å². The fourth-order valence-corrected chi connectivity index (χ4v) is 4.08. The highest BCUT2D eigenvalue weighted by molar-refractivity contribution is 14.0. The number of hydrogen-bond donors (Lipinski definition) is 2. The van der Waals surface area contributed by atoms with Crippen LogP contribution in [0.2, 0.25) is 5.02 Å². The molecule has 1 aromatic heterocycles. The number of aliphatic imine (C=N–C) groups is 1. The second kappa shape index (κ2) is 9.93. The third-order valence-corrected chi connectivity index (χ3v) is 5.55. The van der Waals surface area contributed by atoms with Crippen LogP contribution in [0.25, 0.3) is 0 Å². The van der Waals surface area contributed by atoms with Crippen molar-refractivity contribution in [2.75, 3.05) is 13.1 Å². The smallest absolute Gasteiger partial charge is 0.191 e. The van der Waals surface area contributed by atoms with Crippen LogP contribution in [-0.4, -0.2) is 47.1 Å². The van der Waals surface area contributed by atoms with Crippen LogP contribution < -0.4 is 10.6 Å². The molecule has 4 rings (SSSR count). The van der Waals surface area contributed by atoms with Gasteiger partial charge in [0.25, 0.3) is 0 Å². The zero-order valence-electron chi connectivity index (χ0n) is 15.9. The summed E-state index contributed by atoms with van der Waals surface area (Å²) in [5.74, 6) is 0.838. The maximum Gasteiger partial charge on any atom is 0.191 e. The van der Waals surface area contributed by atoms with Crippen LogP contribution in [0.5, 0.6) is 0 Å². The third-order valence-electron chi connectivity index (χ3n) is 5.29. The average molecular weight is 516 g/mol. The Bertz CT molecular complexity index is 767. The van der Waals surface area contributed by atoms with E-state index < -0.39 is 0 Å². The summed E-state index contributed by atoms with van der Waals surface area (Å²) in [7, 11) is 0. The minimum Gasteiger partial charge on any atom is -0.373 e. The third kappa shape index (κ3) is 4.99. The van der Waals surface area contributed by atoms with Gasteiger partial charge in [-0.3, -0.25) is 9.67 Å². The lowest BCUT2D eigenvalue weighted by molar-refractivity contribution is 0.0992. The lowest BCUT2D eigenvalue weighted by atomic mass is 9.96. The first-order valence-corrected chi connectivity index (χ1v) is 10.1. The van der Waals surface area contributed by atoms with Crippen molar-refractivity contribution < 1.29 is 4.74 Å². The molecule has 0 aliphatic carbocycles. The van der Waals surface area contributed by atoms with Gasteiger partial charge in [0, 0.05) is 24.0 Å². The van der Waals surface area contributed by atoms with E-state index in [9.17, 15) is 0 Å². The van der Waals surface area contributed by atoms with Crippen molar-refractivity contribution in [1.29, 1.82) is 0 Å². The van der Waals surface area contributed by atoms with Crippen molar-refractivity contribution in [2.24, 2.45) is 4.99 Å². The second-order valence-corrected chi connectivity index (χ2v) is 7.57. The Morgan fingerprint density at radius 3 is 2.79 bits per heavy atom. The largest absolute Gasteiger partial charge is 0.373 e. The molecule has 2 aromatic rings. The van der Waals surface area contributed by atoms with Gasteiger partial charge in [0.05, 0.1) is 30.8 Å². The molecule has 0 spiro atoms. The van der Waals surface area contributed by atoms with Crippen LogP contribution in [0, 0.1) is 0 Å². The van der Waals surface area contributed by atoms with Crippen LogP contribution >= 0.6 is 35.6 Å². The van der Waals surface area contributed by atoms with E-state index in [0.29, 0.717) is 24.8 Å². The number of halogens is 2. The fourth-order valence-electron chi connectivity index (χ4n) is 3.95. The molecule has 2 aliphatic rings. The highest BCUT2D eigenvalue weighted by atomic mass is 127. The van der Waals surface area contributed by atoms with Crippen molar-refractivity contribution in [3.8, 4) is 0 Å². The first-order valence-electron chi connectivity index (χ1n) is 9.68. The number of nitrogens with zero attached hydrogens (tertiary/aromatic N) is 3. The van der Waals surface area contributed by atoms with Gasteiger partial charge in [-0.05, 0) is 49.9 Å². The normalized spacial score (nSPS) is 24.6. The van der Waals surface area contributed by atoms with Gasteiger partial charge in [-0.1, -0.05) is 23.7 Å². The van der Waals surface area contributed by atoms with E-state index in [1.807, 2.05) is 41.2 Å². The van der Waals surface area contributed by atoms with Crippen LogP contribution in [0.4, 0.5) is 0 Å². The van der Waals surface area contributed by atoms with Gasteiger partial charge in [0.1, 0.15) is 0 Å². The molecule has 2 fully saturated rings. The Morgan fingerprint density at radius 2 is 2.18 bits per heavy atom. The standard InChI is InChI=1S/C20H26ClN5O.HI/c1-2-22-20(25-17-12-16-8-9-19(17)27-16)23-13-18(26-11-3-10-24-26)14-4-6-15(21)7-5-14;/h3-7,10-11,16-19H,2,8-9,12-13H2,1H3,(H2,22,23,25);1H.